The first kappa shape index (κ1) is 15.7. The first-order valence-corrected chi connectivity index (χ1v) is 8.47. The summed E-state index contributed by atoms with van der Waals surface area (Å²) in [7, 11) is -3.70. The number of carbonyl (C=O) groups excluding carboxylic acids is 1. The lowest BCUT2D eigenvalue weighted by molar-refractivity contribution is 0.101. The molecular weight excluding hydrogens is 354 g/mol. The van der Waals surface area contributed by atoms with E-state index < -0.39 is 10.0 Å². The van der Waals surface area contributed by atoms with E-state index >= 15 is 0 Å². The molecule has 0 unspecified atom stereocenters. The first-order chi connectivity index (χ1) is 9.79. The van der Waals surface area contributed by atoms with E-state index in [1.165, 1.54) is 13.0 Å². The minimum Gasteiger partial charge on any atom is -0.295 e. The predicted octanol–water partition coefficient (Wildman–Crippen LogP) is 3.76. The third kappa shape index (κ3) is 3.71. The summed E-state index contributed by atoms with van der Waals surface area (Å²) in [6, 6.07) is 11.5. The lowest BCUT2D eigenvalue weighted by Crippen LogP contribution is -2.14. The molecular formula is C15H14BrNO3S. The number of hydrogen-bond donors (Lipinski definition) is 1. The summed E-state index contributed by atoms with van der Waals surface area (Å²) >= 11 is 3.27. The molecule has 0 aliphatic carbocycles. The van der Waals surface area contributed by atoms with E-state index in [0.717, 1.165) is 0 Å². The van der Waals surface area contributed by atoms with Crippen LogP contribution in [0.1, 0.15) is 22.8 Å². The number of carbonyl (C=O) groups is 1. The lowest BCUT2D eigenvalue weighted by Gasteiger charge is -2.11. The monoisotopic (exact) mass is 367 g/mol. The topological polar surface area (TPSA) is 63.2 Å². The molecule has 0 fully saturated rings. The number of anilines is 1. The van der Waals surface area contributed by atoms with E-state index in [-0.39, 0.29) is 10.7 Å². The number of sulfonamides is 1. The molecule has 0 aliphatic heterocycles. The SMILES string of the molecule is CC(=O)c1cccc(NS(=O)(=O)c2cc(Br)ccc2C)c1. The number of Topliss-reactive ketones (excluding diaryl/α,β-unsaturated/α-hetero) is 1. The van der Waals surface area contributed by atoms with Gasteiger partial charge in [0.1, 0.15) is 0 Å². The van der Waals surface area contributed by atoms with Crippen LogP contribution in [0, 0.1) is 6.92 Å². The number of aryl methyl sites for hydroxylation is 1. The minimum absolute atomic E-state index is 0.116. The zero-order valence-electron chi connectivity index (χ0n) is 11.6. The average Bonchev–Trinajstić information content (AvgIpc) is 2.41. The summed E-state index contributed by atoms with van der Waals surface area (Å²) in [4.78, 5) is 11.5. The Kier molecular flexibility index (Phi) is 4.49. The standard InChI is InChI=1S/C15H14BrNO3S/c1-10-6-7-13(16)9-15(10)21(19,20)17-14-5-3-4-12(8-14)11(2)18/h3-9,17H,1-2H3. The largest absolute Gasteiger partial charge is 0.295 e. The van der Waals surface area contributed by atoms with Gasteiger partial charge in [-0.2, -0.15) is 0 Å². The summed E-state index contributed by atoms with van der Waals surface area (Å²) in [5.74, 6) is -0.116. The van der Waals surface area contributed by atoms with E-state index in [2.05, 4.69) is 20.7 Å². The molecule has 4 nitrogen and oxygen atoms in total. The van der Waals surface area contributed by atoms with E-state index in [0.29, 0.717) is 21.3 Å². The molecule has 2 aromatic carbocycles. The molecule has 6 heteroatoms. The van der Waals surface area contributed by atoms with E-state index in [1.54, 1.807) is 43.3 Å². The van der Waals surface area contributed by atoms with Gasteiger partial charge in [0.2, 0.25) is 0 Å². The van der Waals surface area contributed by atoms with Gasteiger partial charge in [-0.15, -0.1) is 0 Å². The Morgan fingerprint density at radius 1 is 1.14 bits per heavy atom. The highest BCUT2D eigenvalue weighted by Crippen LogP contribution is 2.23. The number of nitrogens with one attached hydrogen (secondary N) is 1. The fourth-order valence-corrected chi connectivity index (χ4v) is 3.71. The van der Waals surface area contributed by atoms with Crippen molar-refractivity contribution in [3.63, 3.8) is 0 Å². The Labute approximate surface area is 132 Å². The van der Waals surface area contributed by atoms with Crippen LogP contribution in [-0.2, 0) is 10.0 Å². The molecule has 0 amide bonds. The van der Waals surface area contributed by atoms with Gasteiger partial charge >= 0.3 is 0 Å². The van der Waals surface area contributed by atoms with Crippen LogP contribution in [-0.4, -0.2) is 14.2 Å². The van der Waals surface area contributed by atoms with Crippen LogP contribution >= 0.6 is 15.9 Å². The molecule has 2 aromatic rings. The van der Waals surface area contributed by atoms with Gasteiger partial charge < -0.3 is 0 Å². The lowest BCUT2D eigenvalue weighted by atomic mass is 10.1. The fraction of sp³-hybridized carbons (Fsp3) is 0.133. The number of benzene rings is 2. The van der Waals surface area contributed by atoms with Crippen molar-refractivity contribution in [2.45, 2.75) is 18.7 Å². The summed E-state index contributed by atoms with van der Waals surface area (Å²) in [6.07, 6.45) is 0. The van der Waals surface area contributed by atoms with Crippen molar-refractivity contribution >= 4 is 37.4 Å². The highest BCUT2D eigenvalue weighted by atomic mass is 79.9. The fourth-order valence-electron chi connectivity index (χ4n) is 1.88. The van der Waals surface area contributed by atoms with Gasteiger partial charge in [-0.3, -0.25) is 9.52 Å². The zero-order chi connectivity index (χ0) is 15.6. The third-order valence-corrected chi connectivity index (χ3v) is 4.98. The van der Waals surface area contributed by atoms with Crippen LogP contribution in [0.25, 0.3) is 0 Å². The molecule has 0 heterocycles. The zero-order valence-corrected chi connectivity index (χ0v) is 14.0. The summed E-state index contributed by atoms with van der Waals surface area (Å²) < 4.78 is 28.1. The van der Waals surface area contributed by atoms with Gasteiger partial charge in [0.25, 0.3) is 10.0 Å². The summed E-state index contributed by atoms with van der Waals surface area (Å²) in [6.45, 7) is 3.17. The van der Waals surface area contributed by atoms with E-state index in [9.17, 15) is 13.2 Å². The smallest absolute Gasteiger partial charge is 0.262 e. The Morgan fingerprint density at radius 3 is 2.52 bits per heavy atom. The number of halogens is 1. The Bertz CT molecular complexity index is 800. The van der Waals surface area contributed by atoms with Crippen LogP contribution in [0.2, 0.25) is 0 Å². The van der Waals surface area contributed by atoms with E-state index in [1.807, 2.05) is 0 Å². The summed E-state index contributed by atoms with van der Waals surface area (Å²) in [5.41, 5.74) is 1.47. The number of ketones is 1. The molecule has 110 valence electrons. The van der Waals surface area contributed by atoms with Crippen molar-refractivity contribution in [3.8, 4) is 0 Å². The van der Waals surface area contributed by atoms with Crippen LogP contribution in [0.4, 0.5) is 5.69 Å². The first-order valence-electron chi connectivity index (χ1n) is 6.19. The van der Waals surface area contributed by atoms with E-state index in [4.69, 9.17) is 0 Å². The number of hydrogen-bond acceptors (Lipinski definition) is 3. The second-order valence-corrected chi connectivity index (χ2v) is 7.22. The molecule has 0 aliphatic rings. The van der Waals surface area contributed by atoms with Gasteiger partial charge in [-0.05, 0) is 43.7 Å². The Hall–Kier alpha value is -1.66. The van der Waals surface area contributed by atoms with Crippen LogP contribution in [0.15, 0.2) is 51.8 Å². The van der Waals surface area contributed by atoms with Crippen molar-refractivity contribution in [1.29, 1.82) is 0 Å². The third-order valence-electron chi connectivity index (χ3n) is 2.96. The molecule has 2 rings (SSSR count). The van der Waals surface area contributed by atoms with Crippen LogP contribution < -0.4 is 4.72 Å². The Balaban J connectivity index is 2.40. The van der Waals surface area contributed by atoms with Crippen LogP contribution in [0.5, 0.6) is 0 Å². The molecule has 0 saturated heterocycles. The predicted molar refractivity (Wildman–Crippen MR) is 86.1 cm³/mol. The Morgan fingerprint density at radius 2 is 1.86 bits per heavy atom. The molecule has 0 radical (unpaired) electrons. The van der Waals surface area contributed by atoms with Crippen LogP contribution in [0.3, 0.4) is 0 Å². The maximum Gasteiger partial charge on any atom is 0.262 e. The van der Waals surface area contributed by atoms with Gasteiger partial charge in [0, 0.05) is 15.7 Å². The maximum absolute atomic E-state index is 12.4. The molecule has 0 saturated carbocycles. The van der Waals surface area contributed by atoms with Gasteiger partial charge in [-0.1, -0.05) is 34.1 Å². The van der Waals surface area contributed by atoms with Gasteiger partial charge in [0.05, 0.1) is 4.90 Å². The molecule has 0 spiro atoms. The normalized spacial score (nSPS) is 11.2. The van der Waals surface area contributed by atoms with Gasteiger partial charge in [-0.25, -0.2) is 8.42 Å². The van der Waals surface area contributed by atoms with Crippen molar-refractivity contribution in [2.75, 3.05) is 4.72 Å². The van der Waals surface area contributed by atoms with Crippen molar-refractivity contribution in [2.24, 2.45) is 0 Å². The molecule has 1 N–H and O–H groups in total. The second-order valence-electron chi connectivity index (χ2n) is 4.65. The highest BCUT2D eigenvalue weighted by Gasteiger charge is 2.17. The van der Waals surface area contributed by atoms with Crippen molar-refractivity contribution in [1.82, 2.24) is 0 Å². The molecule has 0 bridgehead atoms. The quantitative estimate of drug-likeness (QED) is 0.836. The molecule has 0 atom stereocenters. The van der Waals surface area contributed by atoms with Crippen molar-refractivity contribution < 1.29 is 13.2 Å². The minimum atomic E-state index is -3.70. The molecule has 0 aromatic heterocycles. The summed E-state index contributed by atoms with van der Waals surface area (Å²) in [5, 5.41) is 0. The maximum atomic E-state index is 12.4. The highest BCUT2D eigenvalue weighted by molar-refractivity contribution is 9.10. The van der Waals surface area contributed by atoms with Gasteiger partial charge in [0.15, 0.2) is 5.78 Å². The average molecular weight is 368 g/mol. The second kappa shape index (κ2) is 5.99. The number of rotatable bonds is 4. The molecule has 21 heavy (non-hydrogen) atoms. The van der Waals surface area contributed by atoms with Crippen molar-refractivity contribution in [3.05, 3.63) is 58.1 Å².